The molecule has 17 heteroatoms. The molecule has 1 saturated heterocycles. The minimum absolute atomic E-state index is 0.000873. The normalized spacial score (nSPS) is 28.4. The van der Waals surface area contributed by atoms with E-state index in [2.05, 4.69) is 24.1 Å². The Morgan fingerprint density at radius 1 is 0.855 bits per heavy atom. The van der Waals surface area contributed by atoms with Crippen LogP contribution in [0.5, 0.6) is 17.2 Å². The van der Waals surface area contributed by atoms with Gasteiger partial charge in [-0.1, -0.05) is 96.2 Å². The van der Waals surface area contributed by atoms with Gasteiger partial charge in [0.25, 0.3) is 11.7 Å². The number of carbonyl (C=O) groups is 4. The highest BCUT2D eigenvalue weighted by Crippen LogP contribution is 2.50. The Morgan fingerprint density at radius 3 is 2.08 bits per heavy atom. The molecule has 2 amide bonds. The lowest BCUT2D eigenvalue weighted by molar-refractivity contribution is -0.164. The first kappa shape index (κ1) is 55.3. The van der Waals surface area contributed by atoms with Crippen LogP contribution in [0.3, 0.4) is 0 Å². The third-order valence-corrected chi connectivity index (χ3v) is 15.4. The van der Waals surface area contributed by atoms with Crippen molar-refractivity contribution in [3.63, 3.8) is 0 Å². The summed E-state index contributed by atoms with van der Waals surface area (Å²) in [6.07, 6.45) is 3.50. The summed E-state index contributed by atoms with van der Waals surface area (Å²) >= 11 is 0. The number of benzene rings is 4. The van der Waals surface area contributed by atoms with Gasteiger partial charge in [0.2, 0.25) is 5.91 Å². The van der Waals surface area contributed by atoms with Crippen molar-refractivity contribution < 1.29 is 58.6 Å². The lowest BCUT2D eigenvalue weighted by Crippen LogP contribution is -2.47. The molecule has 404 valence electrons. The third kappa shape index (κ3) is 10.7. The van der Waals surface area contributed by atoms with Crippen LogP contribution < -0.4 is 25.7 Å². The number of ketones is 1. The van der Waals surface area contributed by atoms with E-state index in [1.165, 1.54) is 31.3 Å². The number of likely N-dealkylation sites (tertiary alicyclic amines) is 1. The van der Waals surface area contributed by atoms with Gasteiger partial charge in [0, 0.05) is 98.1 Å². The quantitative estimate of drug-likeness (QED) is 0.0656. The lowest BCUT2D eigenvalue weighted by atomic mass is 9.78. The van der Waals surface area contributed by atoms with E-state index in [4.69, 9.17) is 28.9 Å². The molecule has 4 aromatic carbocycles. The van der Waals surface area contributed by atoms with Crippen LogP contribution >= 0.6 is 0 Å². The number of hydrogen-bond acceptors (Lipinski definition) is 15. The van der Waals surface area contributed by atoms with Gasteiger partial charge in [0.05, 0.1) is 40.9 Å². The fourth-order valence-corrected chi connectivity index (χ4v) is 11.0. The molecule has 5 aliphatic rings. The van der Waals surface area contributed by atoms with E-state index in [-0.39, 0.29) is 49.6 Å². The van der Waals surface area contributed by atoms with E-state index in [1.807, 2.05) is 12.1 Å². The summed E-state index contributed by atoms with van der Waals surface area (Å²) in [5.41, 5.74) is 0.342. The predicted molar refractivity (Wildman–Crippen MR) is 287 cm³/mol. The lowest BCUT2D eigenvalue weighted by Gasteiger charge is -2.38. The molecule has 5 bridgehead atoms. The Morgan fingerprint density at radius 2 is 1.47 bits per heavy atom. The zero-order chi connectivity index (χ0) is 55.0. The number of phenolic OH excluding ortho intramolecular Hbond substituents is 2. The van der Waals surface area contributed by atoms with Crippen molar-refractivity contribution >= 4 is 51.4 Å². The van der Waals surface area contributed by atoms with Crippen LogP contribution in [-0.2, 0) is 28.6 Å². The number of Topliss-reactive ketones (excluding diaryl/α,β-unsaturated/α-hetero) is 1. The molecule has 0 aliphatic carbocycles. The summed E-state index contributed by atoms with van der Waals surface area (Å²) < 4.78 is 24.8. The number of phenols is 2. The number of piperidine rings is 1. The van der Waals surface area contributed by atoms with Gasteiger partial charge in [-0.05, 0) is 50.1 Å². The van der Waals surface area contributed by atoms with Crippen LogP contribution in [0.4, 0.5) is 17.1 Å². The number of nitrogens with zero attached hydrogens (tertiary/aromatic N) is 4. The van der Waals surface area contributed by atoms with Gasteiger partial charge < -0.3 is 49.6 Å². The molecule has 1 spiro atoms. The van der Waals surface area contributed by atoms with Crippen molar-refractivity contribution in [3.8, 4) is 17.2 Å². The number of carbonyl (C=O) groups excluding carboxylic acids is 4. The number of aromatic hydroxyl groups is 2. The van der Waals surface area contributed by atoms with Gasteiger partial charge in [-0.2, -0.15) is 0 Å². The topological polar surface area (TPSA) is 229 Å². The summed E-state index contributed by atoms with van der Waals surface area (Å²) in [4.78, 5) is 71.5. The van der Waals surface area contributed by atoms with Gasteiger partial charge in [0.15, 0.2) is 11.4 Å². The molecule has 0 radical (unpaired) electrons. The maximum atomic E-state index is 15.0. The largest absolute Gasteiger partial charge is 0.507 e. The monoisotopic (exact) mass is 1040 g/mol. The van der Waals surface area contributed by atoms with Crippen molar-refractivity contribution in [3.05, 3.63) is 119 Å². The van der Waals surface area contributed by atoms with E-state index in [0.717, 1.165) is 6.54 Å². The number of para-hydroxylation sites is 2. The van der Waals surface area contributed by atoms with Crippen LogP contribution in [0.2, 0.25) is 0 Å². The highest BCUT2D eigenvalue weighted by atomic mass is 16.7. The maximum absolute atomic E-state index is 15.0. The molecule has 4 aromatic rings. The van der Waals surface area contributed by atoms with E-state index >= 15 is 4.79 Å². The molecule has 0 aromatic heterocycles. The fraction of sp³-hybridized carbons (Fsp3) is 0.458. The fourth-order valence-electron chi connectivity index (χ4n) is 11.0. The second-order valence-electron chi connectivity index (χ2n) is 21.4. The Labute approximate surface area is 443 Å². The van der Waals surface area contributed by atoms with Crippen molar-refractivity contribution in [2.45, 2.75) is 117 Å². The first-order valence-electron chi connectivity index (χ1n) is 26.1. The number of aliphatic hydroxyl groups is 2. The molecule has 0 unspecified atom stereocenters. The number of rotatable bonds is 8. The summed E-state index contributed by atoms with van der Waals surface area (Å²) in [5.74, 6) is -8.20. The number of aliphatic hydroxyl groups excluding tert-OH is 2. The number of ether oxygens (including phenoxy) is 4. The molecule has 17 nitrogen and oxygen atoms in total. The highest BCUT2D eigenvalue weighted by molar-refractivity contribution is 6.19. The summed E-state index contributed by atoms with van der Waals surface area (Å²) in [5, 5.41) is 51.2. The minimum atomic E-state index is -2.04. The average Bonchev–Trinajstić information content (AvgIpc) is 3.91. The third-order valence-electron chi connectivity index (χ3n) is 15.4. The summed E-state index contributed by atoms with van der Waals surface area (Å²) in [6.45, 7) is 18.0. The molecule has 5 N–H and O–H groups in total. The zero-order valence-corrected chi connectivity index (χ0v) is 44.9. The van der Waals surface area contributed by atoms with Crippen LogP contribution in [0.15, 0.2) is 107 Å². The molecular formula is C59H71N5O12. The second-order valence-corrected chi connectivity index (χ2v) is 21.4. The van der Waals surface area contributed by atoms with Gasteiger partial charge >= 0.3 is 11.8 Å². The molecule has 1 fully saturated rings. The minimum Gasteiger partial charge on any atom is -0.507 e. The van der Waals surface area contributed by atoms with Crippen LogP contribution in [0, 0.1) is 36.5 Å². The predicted octanol–water partition coefficient (Wildman–Crippen LogP) is 7.48. The van der Waals surface area contributed by atoms with Crippen LogP contribution in [0.1, 0.15) is 90.6 Å². The van der Waals surface area contributed by atoms with Crippen molar-refractivity contribution in [2.24, 2.45) is 39.6 Å². The highest BCUT2D eigenvalue weighted by Gasteiger charge is 2.50. The molecule has 5 heterocycles. The SMILES string of the molecule is CO[C@H]1/C=C/O[C@@]2(C)Oc3c(C)c(O)c4c(O)c(c5c(c4c3C2=O)=NC2(CCN(CC(C)C)CC2)N=5)NC(=O)/C(C)=C\C=C\[C@H](C)[C@H](O)[C@@H](C)[C@@H](O)[C@@H](C)[C@H](OC(=O)CC(=O)N(c2ccccc2)c2ccccc2)[C@@H]1C. The number of esters is 1. The van der Waals surface area contributed by atoms with E-state index in [1.54, 1.807) is 108 Å². The number of nitrogens with one attached hydrogen (secondary N) is 1. The standard InChI is InChI=1S/C59H71N5O12/c1-32(2)31-63-27-25-59(26-28-63)61-47-44-45-52(69)38(8)55-46(44)56(71)58(9,76-55)74-29-24-41(73-10)35(5)54(75-43(66)30-42(65)64(39-20-13-11-14-21-39)40-22-15-12-16-23-40)37(7)51(68)36(6)50(67)33(3)18-17-19-34(4)57(72)60-49(53(45)70)48(47)62-59/h11-24,29,32-33,35-37,41,50-51,54,67-70H,25-28,30-31H2,1-10H3,(H,60,72)/b18-17+,29-24+,34-19-/t33-,35+,36+,37+,41-,50-,51+,54+,58-/m0/s1. The van der Waals surface area contributed by atoms with Crippen molar-refractivity contribution in [1.82, 2.24) is 4.90 Å². The Bertz CT molecular complexity index is 3060. The molecule has 9 atom stereocenters. The first-order chi connectivity index (χ1) is 36.1. The van der Waals surface area contributed by atoms with Gasteiger partial charge in [-0.25, -0.2) is 0 Å². The van der Waals surface area contributed by atoms with Crippen molar-refractivity contribution in [1.29, 1.82) is 0 Å². The molecule has 9 rings (SSSR count). The number of allylic oxidation sites excluding steroid dienone is 2. The van der Waals surface area contributed by atoms with Crippen LogP contribution in [-0.4, -0.2) is 112 Å². The first-order valence-corrected chi connectivity index (χ1v) is 26.1. The van der Waals surface area contributed by atoms with Crippen molar-refractivity contribution in [2.75, 3.05) is 37.0 Å². The number of methoxy groups -OCH3 is 1. The number of amides is 2. The summed E-state index contributed by atoms with van der Waals surface area (Å²) in [7, 11) is 1.43. The Kier molecular flexibility index (Phi) is 16.3. The maximum Gasteiger partial charge on any atom is 0.315 e. The second kappa shape index (κ2) is 22.3. The van der Waals surface area contributed by atoms with Gasteiger partial charge in [-0.15, -0.1) is 0 Å². The average molecular weight is 1040 g/mol. The Hall–Kier alpha value is -6.92. The van der Waals surface area contributed by atoms with E-state index < -0.39 is 101 Å². The van der Waals surface area contributed by atoms with Crippen LogP contribution in [0.25, 0.3) is 10.8 Å². The molecule has 5 aliphatic heterocycles. The van der Waals surface area contributed by atoms with Gasteiger partial charge in [0.1, 0.15) is 35.1 Å². The van der Waals surface area contributed by atoms with E-state index in [9.17, 15) is 34.8 Å². The number of fused-ring (bicyclic) bond motifs is 13. The smallest absolute Gasteiger partial charge is 0.315 e. The molecule has 0 saturated carbocycles. The molecule has 76 heavy (non-hydrogen) atoms. The van der Waals surface area contributed by atoms with Gasteiger partial charge in [-0.3, -0.25) is 34.1 Å². The zero-order valence-electron chi connectivity index (χ0n) is 44.9. The van der Waals surface area contributed by atoms with E-state index in [0.29, 0.717) is 43.2 Å². The number of anilines is 3. The summed E-state index contributed by atoms with van der Waals surface area (Å²) in [6, 6.07) is 17.8. The molecular weight excluding hydrogens is 971 g/mol. The Balaban J connectivity index is 1.19. The number of hydrogen-bond donors (Lipinski definition) is 5.